The minimum absolute atomic E-state index is 0.852. The van der Waals surface area contributed by atoms with Gasteiger partial charge in [0.1, 0.15) is 0 Å². The van der Waals surface area contributed by atoms with Crippen LogP contribution >= 0.6 is 11.8 Å². The zero-order valence-electron chi connectivity index (χ0n) is 9.61. The Morgan fingerprint density at radius 3 is 3.00 bits per heavy atom. The lowest BCUT2D eigenvalue weighted by atomic mass is 9.89. The standard InChI is InChI=1S/C12H22N2S/c1-9-7-14(4-5-15-9)8-10-6-11-2-3-12(10)13-11/h9-13H,2-8H2,1H3. The Bertz CT molecular complexity index is 234. The number of nitrogens with one attached hydrogen (secondary N) is 1. The highest BCUT2D eigenvalue weighted by molar-refractivity contribution is 7.99. The van der Waals surface area contributed by atoms with E-state index in [1.165, 1.54) is 44.6 Å². The molecular weight excluding hydrogens is 204 g/mol. The van der Waals surface area contributed by atoms with Gasteiger partial charge >= 0.3 is 0 Å². The molecule has 4 atom stereocenters. The van der Waals surface area contributed by atoms with Gasteiger partial charge < -0.3 is 10.2 Å². The maximum atomic E-state index is 3.75. The summed E-state index contributed by atoms with van der Waals surface area (Å²) in [5.74, 6) is 2.30. The SMILES string of the molecule is CC1CN(CC2CC3CCC2N3)CCS1. The minimum Gasteiger partial charge on any atom is -0.311 e. The molecule has 3 aliphatic rings. The van der Waals surface area contributed by atoms with E-state index in [0.29, 0.717) is 0 Å². The van der Waals surface area contributed by atoms with E-state index < -0.39 is 0 Å². The third kappa shape index (κ3) is 2.20. The van der Waals surface area contributed by atoms with Crippen molar-refractivity contribution in [3.8, 4) is 0 Å². The van der Waals surface area contributed by atoms with E-state index in [1.54, 1.807) is 0 Å². The summed E-state index contributed by atoms with van der Waals surface area (Å²) < 4.78 is 0. The Balaban J connectivity index is 1.52. The van der Waals surface area contributed by atoms with E-state index in [0.717, 1.165) is 23.3 Å². The molecule has 2 bridgehead atoms. The summed E-state index contributed by atoms with van der Waals surface area (Å²) in [6, 6.07) is 1.73. The zero-order valence-corrected chi connectivity index (χ0v) is 10.4. The van der Waals surface area contributed by atoms with Crippen LogP contribution < -0.4 is 5.32 Å². The molecule has 3 saturated heterocycles. The van der Waals surface area contributed by atoms with Crippen LogP contribution in [0.15, 0.2) is 0 Å². The summed E-state index contributed by atoms with van der Waals surface area (Å²) >= 11 is 2.14. The van der Waals surface area contributed by atoms with Gasteiger partial charge in [-0.15, -0.1) is 0 Å². The molecule has 0 amide bonds. The Morgan fingerprint density at radius 1 is 1.40 bits per heavy atom. The van der Waals surface area contributed by atoms with Crippen LogP contribution in [0.3, 0.4) is 0 Å². The molecule has 86 valence electrons. The monoisotopic (exact) mass is 226 g/mol. The molecule has 0 aromatic heterocycles. The zero-order chi connectivity index (χ0) is 10.3. The van der Waals surface area contributed by atoms with Crippen molar-refractivity contribution >= 4 is 11.8 Å². The molecule has 3 heteroatoms. The van der Waals surface area contributed by atoms with Gasteiger partial charge in [0.2, 0.25) is 0 Å². The molecule has 4 unspecified atom stereocenters. The van der Waals surface area contributed by atoms with E-state index in [-0.39, 0.29) is 0 Å². The lowest BCUT2D eigenvalue weighted by Gasteiger charge is -2.34. The molecule has 0 radical (unpaired) electrons. The number of fused-ring (bicyclic) bond motifs is 2. The van der Waals surface area contributed by atoms with Crippen LogP contribution in [0.1, 0.15) is 26.2 Å². The number of rotatable bonds is 2. The second kappa shape index (κ2) is 4.27. The summed E-state index contributed by atoms with van der Waals surface area (Å²) in [5.41, 5.74) is 0. The average molecular weight is 226 g/mol. The highest BCUT2D eigenvalue weighted by Crippen LogP contribution is 2.34. The van der Waals surface area contributed by atoms with Crippen molar-refractivity contribution in [2.75, 3.05) is 25.4 Å². The Morgan fingerprint density at radius 2 is 2.33 bits per heavy atom. The second-order valence-electron chi connectivity index (χ2n) is 5.48. The van der Waals surface area contributed by atoms with Crippen molar-refractivity contribution in [3.05, 3.63) is 0 Å². The molecule has 0 aliphatic carbocycles. The summed E-state index contributed by atoms with van der Waals surface area (Å²) in [6.07, 6.45) is 4.32. The predicted molar refractivity (Wildman–Crippen MR) is 66.4 cm³/mol. The number of hydrogen-bond acceptors (Lipinski definition) is 3. The van der Waals surface area contributed by atoms with Crippen molar-refractivity contribution in [2.45, 2.75) is 43.5 Å². The minimum atomic E-state index is 0.852. The van der Waals surface area contributed by atoms with E-state index in [4.69, 9.17) is 0 Å². The molecule has 2 nitrogen and oxygen atoms in total. The van der Waals surface area contributed by atoms with Gasteiger partial charge in [0.15, 0.2) is 0 Å². The summed E-state index contributed by atoms with van der Waals surface area (Å²) in [5, 5.41) is 4.60. The average Bonchev–Trinajstić information content (AvgIpc) is 2.79. The van der Waals surface area contributed by atoms with Crippen LogP contribution in [0, 0.1) is 5.92 Å². The van der Waals surface area contributed by atoms with E-state index >= 15 is 0 Å². The van der Waals surface area contributed by atoms with Crippen molar-refractivity contribution < 1.29 is 0 Å². The van der Waals surface area contributed by atoms with Crippen molar-refractivity contribution in [1.82, 2.24) is 10.2 Å². The first-order valence-corrected chi connectivity index (χ1v) is 7.46. The van der Waals surface area contributed by atoms with Gasteiger partial charge in [-0.1, -0.05) is 6.92 Å². The number of thioether (sulfide) groups is 1. The fourth-order valence-electron chi connectivity index (χ4n) is 3.53. The van der Waals surface area contributed by atoms with Crippen LogP contribution in [0.4, 0.5) is 0 Å². The Hall–Kier alpha value is 0.270. The lowest BCUT2D eigenvalue weighted by molar-refractivity contribution is 0.219. The normalized spacial score (nSPS) is 46.2. The van der Waals surface area contributed by atoms with Gasteiger partial charge in [0.05, 0.1) is 0 Å². The molecule has 1 N–H and O–H groups in total. The smallest absolute Gasteiger partial charge is 0.0147 e. The highest BCUT2D eigenvalue weighted by atomic mass is 32.2. The van der Waals surface area contributed by atoms with Gasteiger partial charge in [-0.2, -0.15) is 11.8 Å². The number of hydrogen-bond donors (Lipinski definition) is 1. The first kappa shape index (κ1) is 10.4. The predicted octanol–water partition coefficient (Wildman–Crippen LogP) is 1.56. The largest absolute Gasteiger partial charge is 0.311 e. The first-order chi connectivity index (χ1) is 7.31. The molecule has 0 aromatic rings. The summed E-state index contributed by atoms with van der Waals surface area (Å²) in [6.45, 7) is 6.37. The van der Waals surface area contributed by atoms with Crippen LogP contribution in [0.25, 0.3) is 0 Å². The van der Waals surface area contributed by atoms with Gasteiger partial charge in [-0.05, 0) is 25.2 Å². The fourth-order valence-corrected chi connectivity index (χ4v) is 4.61. The van der Waals surface area contributed by atoms with Crippen molar-refractivity contribution in [1.29, 1.82) is 0 Å². The maximum absolute atomic E-state index is 3.75. The van der Waals surface area contributed by atoms with Gasteiger partial charge in [-0.3, -0.25) is 0 Å². The first-order valence-electron chi connectivity index (χ1n) is 6.41. The Kier molecular flexibility index (Phi) is 2.97. The fraction of sp³-hybridized carbons (Fsp3) is 1.00. The van der Waals surface area contributed by atoms with Gasteiger partial charge in [-0.25, -0.2) is 0 Å². The van der Waals surface area contributed by atoms with E-state index in [1.807, 2.05) is 0 Å². The molecular formula is C12H22N2S. The third-order valence-corrected chi connectivity index (χ3v) is 5.39. The summed E-state index contributed by atoms with van der Waals surface area (Å²) in [7, 11) is 0. The van der Waals surface area contributed by atoms with Crippen LogP contribution in [0.2, 0.25) is 0 Å². The van der Waals surface area contributed by atoms with Crippen LogP contribution in [0.5, 0.6) is 0 Å². The molecule has 0 saturated carbocycles. The van der Waals surface area contributed by atoms with E-state index in [2.05, 4.69) is 28.9 Å². The van der Waals surface area contributed by atoms with E-state index in [9.17, 15) is 0 Å². The van der Waals surface area contributed by atoms with Gasteiger partial charge in [0, 0.05) is 42.7 Å². The molecule has 3 rings (SSSR count). The van der Waals surface area contributed by atoms with Crippen LogP contribution in [-0.4, -0.2) is 47.6 Å². The van der Waals surface area contributed by atoms with Crippen molar-refractivity contribution in [3.63, 3.8) is 0 Å². The lowest BCUT2D eigenvalue weighted by Crippen LogP contribution is -2.42. The molecule has 15 heavy (non-hydrogen) atoms. The van der Waals surface area contributed by atoms with Gasteiger partial charge in [0.25, 0.3) is 0 Å². The summed E-state index contributed by atoms with van der Waals surface area (Å²) in [4.78, 5) is 2.70. The molecule has 0 spiro atoms. The topological polar surface area (TPSA) is 15.3 Å². The molecule has 0 aromatic carbocycles. The number of nitrogens with zero attached hydrogens (tertiary/aromatic N) is 1. The van der Waals surface area contributed by atoms with Crippen LogP contribution in [-0.2, 0) is 0 Å². The van der Waals surface area contributed by atoms with Crippen molar-refractivity contribution in [2.24, 2.45) is 5.92 Å². The third-order valence-electron chi connectivity index (χ3n) is 4.25. The molecule has 3 heterocycles. The molecule has 3 fully saturated rings. The maximum Gasteiger partial charge on any atom is 0.0147 e. The molecule has 3 aliphatic heterocycles. The quantitative estimate of drug-likeness (QED) is 0.769. The Labute approximate surface area is 97.2 Å². The highest BCUT2D eigenvalue weighted by Gasteiger charge is 2.39. The second-order valence-corrected chi connectivity index (χ2v) is 7.03.